The third-order valence-electron chi connectivity index (χ3n) is 2.61. The molecule has 1 N–H and O–H groups in total. The second-order valence-electron chi connectivity index (χ2n) is 3.70. The monoisotopic (exact) mass is 210 g/mol. The van der Waals surface area contributed by atoms with E-state index in [1.807, 2.05) is 0 Å². The predicted molar refractivity (Wildman–Crippen MR) is 54.9 cm³/mol. The number of hydrogen-bond donors (Lipinski definition) is 1. The summed E-state index contributed by atoms with van der Waals surface area (Å²) < 4.78 is 18.5. The predicted octanol–water partition coefficient (Wildman–Crippen LogP) is 1.49. The summed E-state index contributed by atoms with van der Waals surface area (Å²) in [5.74, 6) is -0.239. The molecule has 82 valence electrons. The van der Waals surface area contributed by atoms with E-state index in [2.05, 4.69) is 10.3 Å². The molecule has 2 rings (SSSR count). The maximum atomic E-state index is 13.2. The summed E-state index contributed by atoms with van der Waals surface area (Å²) in [6.45, 7) is 2.09. The highest BCUT2D eigenvalue weighted by Gasteiger charge is 2.13. The zero-order valence-electron chi connectivity index (χ0n) is 8.58. The molecule has 1 aromatic heterocycles. The van der Waals surface area contributed by atoms with E-state index in [4.69, 9.17) is 4.74 Å². The lowest BCUT2D eigenvalue weighted by atomic mass is 10.1. The van der Waals surface area contributed by atoms with Gasteiger partial charge in [0.05, 0.1) is 5.69 Å². The fourth-order valence-corrected chi connectivity index (χ4v) is 1.69. The first-order valence-electron chi connectivity index (χ1n) is 5.27. The molecule has 4 heteroatoms. The van der Waals surface area contributed by atoms with Crippen LogP contribution in [-0.4, -0.2) is 24.2 Å². The number of pyridine rings is 1. The van der Waals surface area contributed by atoms with Gasteiger partial charge < -0.3 is 10.1 Å². The Morgan fingerprint density at radius 1 is 1.47 bits per heavy atom. The molecular weight excluding hydrogens is 195 g/mol. The SMILES string of the molecule is Fc1cccnc1CNC1CCOCC1. The van der Waals surface area contributed by atoms with E-state index < -0.39 is 0 Å². The van der Waals surface area contributed by atoms with Gasteiger partial charge in [0.15, 0.2) is 0 Å². The molecule has 1 fully saturated rings. The summed E-state index contributed by atoms with van der Waals surface area (Å²) in [6, 6.07) is 3.47. The van der Waals surface area contributed by atoms with Crippen LogP contribution in [0, 0.1) is 5.82 Å². The molecule has 0 spiro atoms. The van der Waals surface area contributed by atoms with Crippen LogP contribution in [-0.2, 0) is 11.3 Å². The van der Waals surface area contributed by atoms with Gasteiger partial charge in [-0.15, -0.1) is 0 Å². The second-order valence-corrected chi connectivity index (χ2v) is 3.70. The van der Waals surface area contributed by atoms with Crippen LogP contribution in [0.15, 0.2) is 18.3 Å². The van der Waals surface area contributed by atoms with Crippen LogP contribution < -0.4 is 5.32 Å². The molecule has 1 saturated heterocycles. The summed E-state index contributed by atoms with van der Waals surface area (Å²) in [5, 5.41) is 3.30. The van der Waals surface area contributed by atoms with Crippen molar-refractivity contribution in [2.75, 3.05) is 13.2 Å². The Kier molecular flexibility index (Phi) is 3.64. The standard InChI is InChI=1S/C11H15FN2O/c12-10-2-1-5-13-11(10)8-14-9-3-6-15-7-4-9/h1-2,5,9,14H,3-4,6-8H2. The number of aromatic nitrogens is 1. The Morgan fingerprint density at radius 3 is 3.00 bits per heavy atom. The Balaban J connectivity index is 1.84. The highest BCUT2D eigenvalue weighted by molar-refractivity contribution is 5.06. The minimum Gasteiger partial charge on any atom is -0.381 e. The van der Waals surface area contributed by atoms with Gasteiger partial charge in [-0.2, -0.15) is 0 Å². The summed E-state index contributed by atoms with van der Waals surface area (Å²) >= 11 is 0. The Morgan fingerprint density at radius 2 is 2.27 bits per heavy atom. The van der Waals surface area contributed by atoms with Crippen LogP contribution in [0.3, 0.4) is 0 Å². The van der Waals surface area contributed by atoms with Crippen LogP contribution in [0.5, 0.6) is 0 Å². The van der Waals surface area contributed by atoms with Crippen molar-refractivity contribution in [3.05, 3.63) is 29.8 Å². The average molecular weight is 210 g/mol. The first-order chi connectivity index (χ1) is 7.36. The topological polar surface area (TPSA) is 34.2 Å². The molecule has 0 aromatic carbocycles. The van der Waals surface area contributed by atoms with Gasteiger partial charge in [-0.3, -0.25) is 4.98 Å². The number of ether oxygens (including phenoxy) is 1. The van der Waals surface area contributed by atoms with Gasteiger partial charge in [0.25, 0.3) is 0 Å². The number of halogens is 1. The number of nitrogens with one attached hydrogen (secondary N) is 1. The summed E-state index contributed by atoms with van der Waals surface area (Å²) in [4.78, 5) is 3.99. The molecule has 0 atom stereocenters. The van der Waals surface area contributed by atoms with Crippen LogP contribution >= 0.6 is 0 Å². The highest BCUT2D eigenvalue weighted by atomic mass is 19.1. The van der Waals surface area contributed by atoms with Gasteiger partial charge in [-0.05, 0) is 25.0 Å². The Bertz CT molecular complexity index is 313. The largest absolute Gasteiger partial charge is 0.381 e. The first kappa shape index (κ1) is 10.5. The van der Waals surface area contributed by atoms with Crippen molar-refractivity contribution in [1.29, 1.82) is 0 Å². The molecule has 0 aliphatic carbocycles. The molecule has 15 heavy (non-hydrogen) atoms. The zero-order chi connectivity index (χ0) is 10.5. The minimum absolute atomic E-state index is 0.239. The molecular formula is C11H15FN2O. The number of hydrogen-bond acceptors (Lipinski definition) is 3. The molecule has 0 unspecified atom stereocenters. The Labute approximate surface area is 88.7 Å². The van der Waals surface area contributed by atoms with Gasteiger partial charge in [-0.1, -0.05) is 0 Å². The molecule has 1 aliphatic heterocycles. The van der Waals surface area contributed by atoms with Gasteiger partial charge >= 0.3 is 0 Å². The zero-order valence-corrected chi connectivity index (χ0v) is 8.58. The fourth-order valence-electron chi connectivity index (χ4n) is 1.69. The fraction of sp³-hybridized carbons (Fsp3) is 0.545. The van der Waals surface area contributed by atoms with E-state index in [-0.39, 0.29) is 5.82 Å². The summed E-state index contributed by atoms with van der Waals surface area (Å²) in [6.07, 6.45) is 3.60. The third-order valence-corrected chi connectivity index (χ3v) is 2.61. The van der Waals surface area contributed by atoms with Crippen molar-refractivity contribution >= 4 is 0 Å². The van der Waals surface area contributed by atoms with Crippen molar-refractivity contribution in [2.45, 2.75) is 25.4 Å². The van der Waals surface area contributed by atoms with Crippen LogP contribution in [0.1, 0.15) is 18.5 Å². The molecule has 0 saturated carbocycles. The van der Waals surface area contributed by atoms with Gasteiger partial charge in [0, 0.05) is 32.0 Å². The van der Waals surface area contributed by atoms with Crippen molar-refractivity contribution in [3.8, 4) is 0 Å². The first-order valence-corrected chi connectivity index (χ1v) is 5.27. The van der Waals surface area contributed by atoms with Gasteiger partial charge in [-0.25, -0.2) is 4.39 Å². The Hall–Kier alpha value is -1.00. The molecule has 1 aromatic rings. The molecule has 0 radical (unpaired) electrons. The molecule has 0 amide bonds. The molecule has 1 aliphatic rings. The lowest BCUT2D eigenvalue weighted by Crippen LogP contribution is -2.34. The smallest absolute Gasteiger partial charge is 0.146 e. The van der Waals surface area contributed by atoms with E-state index in [9.17, 15) is 4.39 Å². The van der Waals surface area contributed by atoms with E-state index >= 15 is 0 Å². The lowest BCUT2D eigenvalue weighted by molar-refractivity contribution is 0.0774. The van der Waals surface area contributed by atoms with E-state index in [0.717, 1.165) is 26.1 Å². The lowest BCUT2D eigenvalue weighted by Gasteiger charge is -2.23. The van der Waals surface area contributed by atoms with E-state index in [1.54, 1.807) is 12.3 Å². The normalized spacial score (nSPS) is 17.9. The van der Waals surface area contributed by atoms with Crippen LogP contribution in [0.2, 0.25) is 0 Å². The second kappa shape index (κ2) is 5.19. The van der Waals surface area contributed by atoms with Crippen molar-refractivity contribution in [1.82, 2.24) is 10.3 Å². The van der Waals surface area contributed by atoms with Crippen molar-refractivity contribution in [3.63, 3.8) is 0 Å². The van der Waals surface area contributed by atoms with Crippen LogP contribution in [0.25, 0.3) is 0 Å². The van der Waals surface area contributed by atoms with Gasteiger partial charge in [0.2, 0.25) is 0 Å². The van der Waals surface area contributed by atoms with Crippen LogP contribution in [0.4, 0.5) is 4.39 Å². The maximum absolute atomic E-state index is 13.2. The molecule has 2 heterocycles. The average Bonchev–Trinajstić information content (AvgIpc) is 2.29. The van der Waals surface area contributed by atoms with E-state index in [1.165, 1.54) is 6.07 Å². The molecule has 3 nitrogen and oxygen atoms in total. The highest BCUT2D eigenvalue weighted by Crippen LogP contribution is 2.08. The summed E-state index contributed by atoms with van der Waals surface area (Å²) in [7, 11) is 0. The van der Waals surface area contributed by atoms with Crippen molar-refractivity contribution in [2.24, 2.45) is 0 Å². The minimum atomic E-state index is -0.239. The maximum Gasteiger partial charge on any atom is 0.146 e. The summed E-state index contributed by atoms with van der Waals surface area (Å²) in [5.41, 5.74) is 0.490. The third kappa shape index (κ3) is 2.97. The molecule has 0 bridgehead atoms. The quantitative estimate of drug-likeness (QED) is 0.820. The van der Waals surface area contributed by atoms with Gasteiger partial charge in [0.1, 0.15) is 5.82 Å². The van der Waals surface area contributed by atoms with E-state index in [0.29, 0.717) is 18.3 Å². The van der Waals surface area contributed by atoms with Crippen molar-refractivity contribution < 1.29 is 9.13 Å². The number of rotatable bonds is 3. The number of nitrogens with zero attached hydrogens (tertiary/aromatic N) is 1.